The number of nitrogens with zero attached hydrogens (tertiary/aromatic N) is 5. The van der Waals surface area contributed by atoms with Crippen LogP contribution in [-0.2, 0) is 19.5 Å². The average Bonchev–Trinajstić information content (AvgIpc) is 3.38. The van der Waals surface area contributed by atoms with Crippen molar-refractivity contribution >= 4 is 11.7 Å². The fourth-order valence-corrected chi connectivity index (χ4v) is 3.44. The third-order valence-corrected chi connectivity index (χ3v) is 4.94. The molecule has 0 unspecified atom stereocenters. The molecule has 0 atom stereocenters. The molecule has 0 saturated heterocycles. The number of hydrogen-bond acceptors (Lipinski definition) is 5. The van der Waals surface area contributed by atoms with Gasteiger partial charge in [0.2, 0.25) is 0 Å². The summed E-state index contributed by atoms with van der Waals surface area (Å²) < 4.78 is 1.98. The summed E-state index contributed by atoms with van der Waals surface area (Å²) in [6.07, 6.45) is 7.14. The van der Waals surface area contributed by atoms with Crippen LogP contribution in [-0.4, -0.2) is 38.2 Å². The molecule has 1 fully saturated rings. The first kappa shape index (κ1) is 17.0. The van der Waals surface area contributed by atoms with Gasteiger partial charge in [0.15, 0.2) is 5.69 Å². The smallest absolute Gasteiger partial charge is 0.272 e. The molecule has 0 radical (unpaired) electrons. The Kier molecular flexibility index (Phi) is 4.61. The zero-order valence-electron chi connectivity index (χ0n) is 15.5. The average molecular weight is 354 g/mol. The molecule has 4 rings (SSSR count). The maximum Gasteiger partial charge on any atom is 0.272 e. The van der Waals surface area contributed by atoms with Crippen LogP contribution in [0.2, 0.25) is 0 Å². The second-order valence-electron chi connectivity index (χ2n) is 7.28. The summed E-state index contributed by atoms with van der Waals surface area (Å²) in [5, 5.41) is 7.56. The third kappa shape index (κ3) is 3.57. The minimum absolute atomic E-state index is 0.0517. The predicted octanol–water partition coefficient (Wildman–Crippen LogP) is 2.24. The summed E-state index contributed by atoms with van der Waals surface area (Å²) in [6, 6.07) is 2.28. The highest BCUT2D eigenvalue weighted by molar-refractivity contribution is 5.92. The van der Waals surface area contributed by atoms with E-state index in [-0.39, 0.29) is 5.91 Å². The highest BCUT2D eigenvalue weighted by atomic mass is 16.2. The molecule has 7 heteroatoms. The number of carbonyl (C=O) groups excluding carboxylic acids is 1. The molecule has 26 heavy (non-hydrogen) atoms. The minimum Gasteiger partial charge on any atom is -0.350 e. The molecule has 7 nitrogen and oxygen atoms in total. The van der Waals surface area contributed by atoms with Gasteiger partial charge >= 0.3 is 0 Å². The predicted molar refractivity (Wildman–Crippen MR) is 99.1 cm³/mol. The number of aryl methyl sites for hydroxylation is 3. The summed E-state index contributed by atoms with van der Waals surface area (Å²) in [6.45, 7) is 6.58. The van der Waals surface area contributed by atoms with Crippen molar-refractivity contribution in [1.29, 1.82) is 0 Å². The van der Waals surface area contributed by atoms with E-state index in [9.17, 15) is 4.79 Å². The molecule has 1 aliphatic heterocycles. The van der Waals surface area contributed by atoms with Crippen LogP contribution in [0.1, 0.15) is 60.2 Å². The summed E-state index contributed by atoms with van der Waals surface area (Å²) in [4.78, 5) is 23.7. The maximum absolute atomic E-state index is 12.3. The van der Waals surface area contributed by atoms with Crippen LogP contribution >= 0.6 is 0 Å². The molecule has 0 bridgehead atoms. The molecule has 0 aromatic carbocycles. The van der Waals surface area contributed by atoms with E-state index in [1.165, 1.54) is 5.56 Å². The van der Waals surface area contributed by atoms with Crippen molar-refractivity contribution in [3.8, 4) is 0 Å². The first-order valence-electron chi connectivity index (χ1n) is 9.59. The SMILES string of the molecule is CCCc1cnc(C)nc1N1CCCn2nc(C(=O)NC3CC3)cc2C1. The summed E-state index contributed by atoms with van der Waals surface area (Å²) >= 11 is 0. The lowest BCUT2D eigenvalue weighted by Crippen LogP contribution is -2.26. The molecule has 138 valence electrons. The number of fused-ring (bicyclic) bond motifs is 1. The van der Waals surface area contributed by atoms with Gasteiger partial charge in [0.1, 0.15) is 11.6 Å². The van der Waals surface area contributed by atoms with Crippen molar-refractivity contribution in [3.05, 3.63) is 35.0 Å². The Balaban J connectivity index is 1.58. The number of anilines is 1. The zero-order chi connectivity index (χ0) is 18.1. The zero-order valence-corrected chi connectivity index (χ0v) is 15.5. The molecule has 1 aliphatic carbocycles. The van der Waals surface area contributed by atoms with Gasteiger partial charge in [0.05, 0.1) is 12.2 Å². The maximum atomic E-state index is 12.3. The molecule has 2 aromatic heterocycles. The molecule has 1 N–H and O–H groups in total. The van der Waals surface area contributed by atoms with Crippen LogP contribution < -0.4 is 10.2 Å². The lowest BCUT2D eigenvalue weighted by molar-refractivity contribution is 0.0945. The largest absolute Gasteiger partial charge is 0.350 e. The van der Waals surface area contributed by atoms with Gasteiger partial charge in [0, 0.05) is 30.9 Å². The molecule has 1 saturated carbocycles. The summed E-state index contributed by atoms with van der Waals surface area (Å²) in [7, 11) is 0. The van der Waals surface area contributed by atoms with Crippen molar-refractivity contribution in [2.24, 2.45) is 0 Å². The molecular formula is C19H26N6O. The third-order valence-electron chi connectivity index (χ3n) is 4.94. The van der Waals surface area contributed by atoms with Crippen LogP contribution in [0, 0.1) is 6.92 Å². The standard InChI is InChI=1S/C19H26N6O/c1-3-5-14-11-20-13(2)21-18(14)24-8-4-9-25-16(12-24)10-17(23-25)19(26)22-15-6-7-15/h10-11,15H,3-9,12H2,1-2H3,(H,22,26). The van der Waals surface area contributed by atoms with Crippen LogP contribution in [0.15, 0.2) is 12.3 Å². The number of rotatable bonds is 5. The molecule has 1 amide bonds. The molecule has 2 aromatic rings. The van der Waals surface area contributed by atoms with Crippen LogP contribution in [0.5, 0.6) is 0 Å². The number of nitrogens with one attached hydrogen (secondary N) is 1. The second kappa shape index (κ2) is 7.05. The van der Waals surface area contributed by atoms with Crippen molar-refractivity contribution in [3.63, 3.8) is 0 Å². The first-order chi connectivity index (χ1) is 12.6. The first-order valence-corrected chi connectivity index (χ1v) is 9.59. The van der Waals surface area contributed by atoms with Gasteiger partial charge in [-0.3, -0.25) is 9.48 Å². The van der Waals surface area contributed by atoms with Crippen LogP contribution in [0.3, 0.4) is 0 Å². The fourth-order valence-electron chi connectivity index (χ4n) is 3.44. The van der Waals surface area contributed by atoms with Gasteiger partial charge in [-0.05, 0) is 38.7 Å². The van der Waals surface area contributed by atoms with E-state index in [0.29, 0.717) is 11.7 Å². The molecular weight excluding hydrogens is 328 g/mol. The van der Waals surface area contributed by atoms with Crippen molar-refractivity contribution in [1.82, 2.24) is 25.1 Å². The van der Waals surface area contributed by atoms with Gasteiger partial charge in [-0.25, -0.2) is 9.97 Å². The quantitative estimate of drug-likeness (QED) is 0.891. The van der Waals surface area contributed by atoms with Gasteiger partial charge < -0.3 is 10.2 Å². The summed E-state index contributed by atoms with van der Waals surface area (Å²) in [5.74, 6) is 1.77. The van der Waals surface area contributed by atoms with E-state index in [0.717, 1.165) is 69.1 Å². The van der Waals surface area contributed by atoms with Gasteiger partial charge in [-0.15, -0.1) is 0 Å². The van der Waals surface area contributed by atoms with E-state index in [1.807, 2.05) is 23.9 Å². The number of carbonyl (C=O) groups is 1. The topological polar surface area (TPSA) is 75.9 Å². The Morgan fingerprint density at radius 1 is 1.35 bits per heavy atom. The Bertz CT molecular complexity index is 810. The van der Waals surface area contributed by atoms with E-state index in [1.54, 1.807) is 0 Å². The normalized spacial score (nSPS) is 16.9. The highest BCUT2D eigenvalue weighted by Crippen LogP contribution is 2.24. The number of aromatic nitrogens is 4. The van der Waals surface area contributed by atoms with Crippen molar-refractivity contribution in [2.75, 3.05) is 11.4 Å². The van der Waals surface area contributed by atoms with Crippen molar-refractivity contribution in [2.45, 2.75) is 65.1 Å². The Labute approximate surface area is 153 Å². The van der Waals surface area contributed by atoms with Gasteiger partial charge in [-0.1, -0.05) is 13.3 Å². The van der Waals surface area contributed by atoms with Gasteiger partial charge in [0.25, 0.3) is 5.91 Å². The van der Waals surface area contributed by atoms with E-state index in [2.05, 4.69) is 27.2 Å². The lowest BCUT2D eigenvalue weighted by atomic mass is 10.1. The number of amides is 1. The highest BCUT2D eigenvalue weighted by Gasteiger charge is 2.26. The Hall–Kier alpha value is -2.44. The van der Waals surface area contributed by atoms with Crippen LogP contribution in [0.25, 0.3) is 0 Å². The Morgan fingerprint density at radius 3 is 2.96 bits per heavy atom. The Morgan fingerprint density at radius 2 is 2.19 bits per heavy atom. The summed E-state index contributed by atoms with van der Waals surface area (Å²) in [5.41, 5.74) is 2.79. The van der Waals surface area contributed by atoms with Gasteiger partial charge in [-0.2, -0.15) is 5.10 Å². The van der Waals surface area contributed by atoms with E-state index >= 15 is 0 Å². The second-order valence-corrected chi connectivity index (χ2v) is 7.28. The monoisotopic (exact) mass is 354 g/mol. The van der Waals surface area contributed by atoms with Crippen molar-refractivity contribution < 1.29 is 4.79 Å². The minimum atomic E-state index is -0.0517. The van der Waals surface area contributed by atoms with E-state index in [4.69, 9.17) is 4.98 Å². The molecule has 2 aliphatic rings. The molecule has 3 heterocycles. The molecule has 0 spiro atoms. The van der Waals surface area contributed by atoms with Crippen LogP contribution in [0.4, 0.5) is 5.82 Å². The number of hydrogen-bond donors (Lipinski definition) is 1. The fraction of sp³-hybridized carbons (Fsp3) is 0.579. The lowest BCUT2D eigenvalue weighted by Gasteiger charge is -2.24. The van der Waals surface area contributed by atoms with E-state index < -0.39 is 0 Å².